The summed E-state index contributed by atoms with van der Waals surface area (Å²) >= 11 is 0. The molecular formula is C7H13NO. The summed E-state index contributed by atoms with van der Waals surface area (Å²) in [6.07, 6.45) is 0.234. The maximum atomic E-state index is 5.07. The zero-order valence-electron chi connectivity index (χ0n) is 6.43. The van der Waals surface area contributed by atoms with Crippen molar-refractivity contribution in [1.82, 2.24) is 0 Å². The lowest BCUT2D eigenvalue weighted by Crippen LogP contribution is -2.28. The van der Waals surface area contributed by atoms with E-state index in [1.165, 1.54) is 0 Å². The first-order valence-corrected chi connectivity index (χ1v) is 3.26. The summed E-state index contributed by atoms with van der Waals surface area (Å²) in [6, 6.07) is 0. The van der Waals surface area contributed by atoms with Crippen LogP contribution in [0.5, 0.6) is 0 Å². The Morgan fingerprint density at radius 2 is 2.11 bits per heavy atom. The lowest BCUT2D eigenvalue weighted by Gasteiger charge is -2.20. The van der Waals surface area contributed by atoms with E-state index in [9.17, 15) is 0 Å². The Labute approximate surface area is 55.9 Å². The highest BCUT2D eigenvalue weighted by Gasteiger charge is 2.35. The summed E-state index contributed by atoms with van der Waals surface area (Å²) in [6.45, 7) is 8.33. The van der Waals surface area contributed by atoms with Gasteiger partial charge in [0, 0.05) is 5.41 Å². The molecule has 0 amide bonds. The summed E-state index contributed by atoms with van der Waals surface area (Å²) in [4.78, 5) is 5.07. The fourth-order valence-corrected chi connectivity index (χ4v) is 0.702. The summed E-state index contributed by atoms with van der Waals surface area (Å²) in [5.41, 5.74) is 1.23. The maximum absolute atomic E-state index is 5.07. The van der Waals surface area contributed by atoms with E-state index >= 15 is 0 Å². The molecule has 1 rings (SSSR count). The second-order valence-electron chi connectivity index (χ2n) is 3.15. The van der Waals surface area contributed by atoms with Gasteiger partial charge in [-0.3, -0.25) is 0 Å². The molecule has 0 aliphatic carbocycles. The fraction of sp³-hybridized carbons (Fsp3) is 0.857. The van der Waals surface area contributed by atoms with Crippen molar-refractivity contribution in [2.24, 2.45) is 10.6 Å². The monoisotopic (exact) mass is 127 g/mol. The molecule has 52 valence electrons. The molecule has 0 saturated carbocycles. The number of hydrogen-bond acceptors (Lipinski definition) is 2. The zero-order chi connectivity index (χ0) is 7.07. The molecule has 2 heteroatoms. The van der Waals surface area contributed by atoms with Gasteiger partial charge < -0.3 is 4.84 Å². The average Bonchev–Trinajstić information content (AvgIpc) is 1.96. The van der Waals surface area contributed by atoms with Gasteiger partial charge in [0.05, 0.1) is 5.71 Å². The second kappa shape index (κ2) is 1.72. The standard InChI is InChI=1S/C7H13NO/c1-5-7(3,4)6(2)9-8-5/h6H,1-4H3. The Kier molecular flexibility index (Phi) is 1.26. The first-order chi connectivity index (χ1) is 4.05. The van der Waals surface area contributed by atoms with Crippen molar-refractivity contribution in [1.29, 1.82) is 0 Å². The van der Waals surface area contributed by atoms with Crippen molar-refractivity contribution in [3.63, 3.8) is 0 Å². The molecule has 0 spiro atoms. The minimum atomic E-state index is 0.139. The molecule has 0 aromatic heterocycles. The largest absolute Gasteiger partial charge is 0.392 e. The van der Waals surface area contributed by atoms with E-state index in [-0.39, 0.29) is 11.5 Å². The van der Waals surface area contributed by atoms with Gasteiger partial charge in [-0.1, -0.05) is 19.0 Å². The van der Waals surface area contributed by atoms with Crippen LogP contribution in [-0.4, -0.2) is 11.8 Å². The Hall–Kier alpha value is -0.530. The van der Waals surface area contributed by atoms with Gasteiger partial charge >= 0.3 is 0 Å². The van der Waals surface area contributed by atoms with E-state index in [0.29, 0.717) is 0 Å². The van der Waals surface area contributed by atoms with Gasteiger partial charge in [0.25, 0.3) is 0 Å². The molecule has 1 aliphatic heterocycles. The molecule has 1 heterocycles. The highest BCUT2D eigenvalue weighted by molar-refractivity contribution is 5.88. The number of hydrogen-bond donors (Lipinski definition) is 0. The molecule has 0 saturated heterocycles. The Morgan fingerprint density at radius 1 is 1.56 bits per heavy atom. The van der Waals surface area contributed by atoms with Crippen LogP contribution in [0.1, 0.15) is 27.7 Å². The highest BCUT2D eigenvalue weighted by Crippen LogP contribution is 2.30. The second-order valence-corrected chi connectivity index (χ2v) is 3.15. The number of nitrogens with zero attached hydrogens (tertiary/aromatic N) is 1. The van der Waals surface area contributed by atoms with E-state index in [0.717, 1.165) is 5.71 Å². The predicted octanol–water partition coefficient (Wildman–Crippen LogP) is 1.81. The van der Waals surface area contributed by atoms with Gasteiger partial charge in [-0.15, -0.1) is 0 Å². The molecule has 0 fully saturated rings. The smallest absolute Gasteiger partial charge is 0.135 e. The molecule has 2 nitrogen and oxygen atoms in total. The summed E-state index contributed by atoms with van der Waals surface area (Å²) < 4.78 is 0. The highest BCUT2D eigenvalue weighted by atomic mass is 16.6. The summed E-state index contributed by atoms with van der Waals surface area (Å²) in [5, 5.41) is 3.89. The third-order valence-electron chi connectivity index (χ3n) is 2.30. The van der Waals surface area contributed by atoms with E-state index in [4.69, 9.17) is 4.84 Å². The van der Waals surface area contributed by atoms with E-state index in [1.807, 2.05) is 13.8 Å². The quantitative estimate of drug-likeness (QED) is 0.486. The SMILES string of the molecule is CC1=NOC(C)C1(C)C. The van der Waals surface area contributed by atoms with Crippen molar-refractivity contribution in [3.05, 3.63) is 0 Å². The van der Waals surface area contributed by atoms with Crippen molar-refractivity contribution in [2.45, 2.75) is 33.8 Å². The Balaban J connectivity index is 2.81. The van der Waals surface area contributed by atoms with Crippen LogP contribution in [-0.2, 0) is 4.84 Å². The molecule has 1 unspecified atom stereocenters. The van der Waals surface area contributed by atoms with E-state index < -0.39 is 0 Å². The van der Waals surface area contributed by atoms with Gasteiger partial charge in [-0.05, 0) is 13.8 Å². The normalized spacial score (nSPS) is 31.6. The molecule has 0 aromatic rings. The van der Waals surface area contributed by atoms with Crippen LogP contribution in [0.2, 0.25) is 0 Å². The molecule has 0 N–H and O–H groups in total. The minimum Gasteiger partial charge on any atom is -0.392 e. The Bertz CT molecular complexity index is 149. The fourth-order valence-electron chi connectivity index (χ4n) is 0.702. The van der Waals surface area contributed by atoms with Gasteiger partial charge in [0.1, 0.15) is 6.10 Å². The van der Waals surface area contributed by atoms with E-state index in [2.05, 4.69) is 19.0 Å². The first kappa shape index (κ1) is 6.59. The van der Waals surface area contributed by atoms with Crippen LogP contribution >= 0.6 is 0 Å². The summed E-state index contributed by atoms with van der Waals surface area (Å²) in [7, 11) is 0. The number of rotatable bonds is 0. The molecule has 1 aliphatic rings. The molecule has 1 atom stereocenters. The van der Waals surface area contributed by atoms with Crippen molar-refractivity contribution in [2.75, 3.05) is 0 Å². The van der Waals surface area contributed by atoms with Gasteiger partial charge in [-0.2, -0.15) is 0 Å². The zero-order valence-corrected chi connectivity index (χ0v) is 6.43. The maximum Gasteiger partial charge on any atom is 0.135 e. The first-order valence-electron chi connectivity index (χ1n) is 3.26. The van der Waals surface area contributed by atoms with Crippen molar-refractivity contribution >= 4 is 5.71 Å². The minimum absolute atomic E-state index is 0.139. The third kappa shape index (κ3) is 0.824. The summed E-state index contributed by atoms with van der Waals surface area (Å²) in [5.74, 6) is 0. The van der Waals surface area contributed by atoms with Crippen LogP contribution in [0.15, 0.2) is 5.16 Å². The van der Waals surface area contributed by atoms with Crippen LogP contribution in [0.4, 0.5) is 0 Å². The predicted molar refractivity (Wildman–Crippen MR) is 37.4 cm³/mol. The van der Waals surface area contributed by atoms with Crippen LogP contribution in [0.25, 0.3) is 0 Å². The lowest BCUT2D eigenvalue weighted by molar-refractivity contribution is 0.0511. The molecular weight excluding hydrogens is 114 g/mol. The lowest BCUT2D eigenvalue weighted by atomic mass is 9.84. The molecule has 0 aromatic carbocycles. The Morgan fingerprint density at radius 3 is 2.22 bits per heavy atom. The van der Waals surface area contributed by atoms with Crippen molar-refractivity contribution in [3.8, 4) is 0 Å². The average molecular weight is 127 g/mol. The topological polar surface area (TPSA) is 21.6 Å². The van der Waals surface area contributed by atoms with E-state index in [1.54, 1.807) is 0 Å². The third-order valence-corrected chi connectivity index (χ3v) is 2.30. The molecule has 9 heavy (non-hydrogen) atoms. The van der Waals surface area contributed by atoms with Gasteiger partial charge in [0.15, 0.2) is 0 Å². The van der Waals surface area contributed by atoms with Gasteiger partial charge in [0.2, 0.25) is 0 Å². The molecule has 0 radical (unpaired) electrons. The van der Waals surface area contributed by atoms with Crippen molar-refractivity contribution < 1.29 is 4.84 Å². The van der Waals surface area contributed by atoms with Gasteiger partial charge in [-0.25, -0.2) is 0 Å². The number of oxime groups is 1. The van der Waals surface area contributed by atoms with Crippen LogP contribution in [0, 0.1) is 5.41 Å². The molecule has 0 bridgehead atoms. The van der Waals surface area contributed by atoms with Crippen LogP contribution in [0.3, 0.4) is 0 Å². The van der Waals surface area contributed by atoms with Crippen LogP contribution < -0.4 is 0 Å².